The van der Waals surface area contributed by atoms with Crippen molar-refractivity contribution in [1.82, 2.24) is 14.9 Å². The Morgan fingerprint density at radius 2 is 1.79 bits per heavy atom. The van der Waals surface area contributed by atoms with Crippen molar-refractivity contribution in [2.45, 2.75) is 45.1 Å². The van der Waals surface area contributed by atoms with E-state index < -0.39 is 13.0 Å². The van der Waals surface area contributed by atoms with Crippen molar-refractivity contribution in [3.8, 4) is 6.01 Å². The lowest BCUT2D eigenvalue weighted by Gasteiger charge is -2.20. The van der Waals surface area contributed by atoms with Gasteiger partial charge in [-0.1, -0.05) is 24.3 Å². The van der Waals surface area contributed by atoms with E-state index in [4.69, 9.17) is 4.74 Å². The quantitative estimate of drug-likeness (QED) is 0.343. The third kappa shape index (κ3) is 8.14. The lowest BCUT2D eigenvalue weighted by atomic mass is 10.1. The van der Waals surface area contributed by atoms with Crippen LogP contribution in [0.4, 0.5) is 24.7 Å². The molecule has 1 aliphatic heterocycles. The summed E-state index contributed by atoms with van der Waals surface area (Å²) >= 11 is 0. The third-order valence-electron chi connectivity index (χ3n) is 5.43. The van der Waals surface area contributed by atoms with Crippen molar-refractivity contribution in [2.75, 3.05) is 43.6 Å². The summed E-state index contributed by atoms with van der Waals surface area (Å²) in [6.07, 6.45) is 0.571. The Morgan fingerprint density at radius 3 is 2.44 bits per heavy atom. The molecule has 1 aromatic carbocycles. The lowest BCUT2D eigenvalue weighted by Crippen LogP contribution is -2.23. The van der Waals surface area contributed by atoms with Crippen molar-refractivity contribution < 1.29 is 27.4 Å². The van der Waals surface area contributed by atoms with E-state index in [9.17, 15) is 18.0 Å². The first kappa shape index (κ1) is 25.7. The van der Waals surface area contributed by atoms with Gasteiger partial charge in [-0.3, -0.25) is 19.3 Å². The van der Waals surface area contributed by atoms with Gasteiger partial charge in [-0.15, -0.1) is 13.2 Å². The van der Waals surface area contributed by atoms with Gasteiger partial charge >= 0.3 is 12.4 Å². The molecule has 0 aliphatic carbocycles. The number of amides is 1. The van der Waals surface area contributed by atoms with Crippen LogP contribution in [0.3, 0.4) is 0 Å². The van der Waals surface area contributed by atoms with Crippen molar-refractivity contribution in [3.05, 3.63) is 41.6 Å². The third-order valence-corrected chi connectivity index (χ3v) is 5.43. The molecular weight excluding hydrogens is 451 g/mol. The molecule has 186 valence electrons. The van der Waals surface area contributed by atoms with Gasteiger partial charge in [0.25, 0.3) is 0 Å². The number of aromatic nitrogens is 2. The SMILES string of the molecule is CNc1cnc(OCCCCOC(F)(F)F)nc1N(C=O)Cc1ccc(CN2CCCC2)cc1. The van der Waals surface area contributed by atoms with Crippen LogP contribution in [0.15, 0.2) is 30.5 Å². The number of anilines is 2. The summed E-state index contributed by atoms with van der Waals surface area (Å²) in [6, 6.07) is 8.20. The van der Waals surface area contributed by atoms with E-state index in [1.54, 1.807) is 7.05 Å². The molecule has 3 rings (SSSR count). The summed E-state index contributed by atoms with van der Waals surface area (Å²) < 4.78 is 45.2. The van der Waals surface area contributed by atoms with Gasteiger partial charge in [0, 0.05) is 13.6 Å². The van der Waals surface area contributed by atoms with Crippen molar-refractivity contribution in [2.24, 2.45) is 0 Å². The van der Waals surface area contributed by atoms with Crippen LogP contribution in [0.2, 0.25) is 0 Å². The molecule has 1 N–H and O–H groups in total. The normalized spacial score (nSPS) is 14.2. The molecule has 1 amide bonds. The zero-order valence-corrected chi connectivity index (χ0v) is 19.2. The zero-order valence-electron chi connectivity index (χ0n) is 19.2. The maximum absolute atomic E-state index is 12.0. The van der Waals surface area contributed by atoms with Crippen LogP contribution >= 0.6 is 0 Å². The van der Waals surface area contributed by atoms with E-state index in [1.165, 1.54) is 29.5 Å². The predicted octanol–water partition coefficient (Wildman–Crippen LogP) is 3.97. The van der Waals surface area contributed by atoms with Crippen molar-refractivity contribution >= 4 is 17.9 Å². The van der Waals surface area contributed by atoms with Gasteiger partial charge < -0.3 is 10.1 Å². The monoisotopic (exact) mass is 481 g/mol. The van der Waals surface area contributed by atoms with Gasteiger partial charge in [0.1, 0.15) is 0 Å². The molecule has 11 heteroatoms. The number of nitrogens with zero attached hydrogens (tertiary/aromatic N) is 4. The molecule has 0 radical (unpaired) electrons. The Hall–Kier alpha value is -2.92. The Morgan fingerprint density at radius 1 is 1.12 bits per heavy atom. The summed E-state index contributed by atoms with van der Waals surface area (Å²) in [7, 11) is 1.69. The van der Waals surface area contributed by atoms with Crippen LogP contribution in [-0.2, 0) is 22.6 Å². The highest BCUT2D eigenvalue weighted by Gasteiger charge is 2.28. The topological polar surface area (TPSA) is 79.8 Å². The second-order valence-electron chi connectivity index (χ2n) is 8.02. The lowest BCUT2D eigenvalue weighted by molar-refractivity contribution is -0.324. The van der Waals surface area contributed by atoms with E-state index >= 15 is 0 Å². The molecule has 1 aliphatic rings. The fourth-order valence-electron chi connectivity index (χ4n) is 3.69. The molecule has 34 heavy (non-hydrogen) atoms. The summed E-state index contributed by atoms with van der Waals surface area (Å²) in [5.41, 5.74) is 2.73. The summed E-state index contributed by atoms with van der Waals surface area (Å²) in [6.45, 7) is 3.19. The van der Waals surface area contributed by atoms with Crippen LogP contribution in [-0.4, -0.2) is 61.0 Å². The number of hydrogen-bond acceptors (Lipinski definition) is 7. The molecule has 8 nitrogen and oxygen atoms in total. The maximum Gasteiger partial charge on any atom is 0.522 e. The standard InChI is InChI=1S/C23H30F3N5O3/c1-27-20-14-28-22(33-12-4-5-13-34-23(24,25)26)29-21(20)31(17-32)16-19-8-6-18(7-9-19)15-30-10-2-3-11-30/h6-9,14,17,27H,2-5,10-13,15-16H2,1H3. The number of alkyl halides is 3. The second kappa shape index (κ2) is 12.5. The highest BCUT2D eigenvalue weighted by Crippen LogP contribution is 2.25. The molecular formula is C23H30F3N5O3. The Labute approximate surface area is 197 Å². The molecule has 0 spiro atoms. The first-order valence-corrected chi connectivity index (χ1v) is 11.3. The highest BCUT2D eigenvalue weighted by molar-refractivity contribution is 5.80. The van der Waals surface area contributed by atoms with E-state index in [1.807, 2.05) is 12.1 Å². The van der Waals surface area contributed by atoms with E-state index in [0.717, 1.165) is 25.2 Å². The number of halogens is 3. The zero-order chi connectivity index (χ0) is 24.4. The fourth-order valence-corrected chi connectivity index (χ4v) is 3.69. The number of rotatable bonds is 13. The minimum Gasteiger partial charge on any atom is -0.463 e. The first-order valence-electron chi connectivity index (χ1n) is 11.3. The summed E-state index contributed by atoms with van der Waals surface area (Å²) in [4.78, 5) is 24.2. The number of hydrogen-bond donors (Lipinski definition) is 1. The maximum atomic E-state index is 12.0. The molecule has 1 saturated heterocycles. The van der Waals surface area contributed by atoms with Gasteiger partial charge in [-0.25, -0.2) is 4.98 Å². The van der Waals surface area contributed by atoms with Crippen molar-refractivity contribution in [3.63, 3.8) is 0 Å². The summed E-state index contributed by atoms with van der Waals surface area (Å²) in [5, 5.41) is 2.96. The molecule has 0 unspecified atom stereocenters. The highest BCUT2D eigenvalue weighted by atomic mass is 19.4. The second-order valence-corrected chi connectivity index (χ2v) is 8.02. The van der Waals surface area contributed by atoms with Crippen LogP contribution in [0.1, 0.15) is 36.8 Å². The number of unbranched alkanes of at least 4 members (excludes halogenated alkanes) is 1. The Balaban J connectivity index is 1.57. The summed E-state index contributed by atoms with van der Waals surface area (Å²) in [5.74, 6) is 0.351. The fraction of sp³-hybridized carbons (Fsp3) is 0.522. The molecule has 0 atom stereocenters. The molecule has 2 heterocycles. The average molecular weight is 482 g/mol. The van der Waals surface area contributed by atoms with Gasteiger partial charge in [0.2, 0.25) is 6.41 Å². The molecule has 1 fully saturated rings. The molecule has 0 bridgehead atoms. The molecule has 2 aromatic rings. The van der Waals surface area contributed by atoms with E-state index in [2.05, 4.69) is 37.1 Å². The molecule has 1 aromatic heterocycles. The van der Waals surface area contributed by atoms with Gasteiger partial charge in [-0.05, 0) is 49.9 Å². The van der Waals surface area contributed by atoms with Gasteiger partial charge in [0.05, 0.1) is 31.6 Å². The number of carbonyl (C=O) groups is 1. The predicted molar refractivity (Wildman–Crippen MR) is 122 cm³/mol. The number of likely N-dealkylation sites (tertiary alicyclic amines) is 1. The van der Waals surface area contributed by atoms with E-state index in [-0.39, 0.29) is 19.0 Å². The minimum absolute atomic E-state index is 0.0403. The Bertz CT molecular complexity index is 906. The van der Waals surface area contributed by atoms with Crippen LogP contribution in [0.5, 0.6) is 6.01 Å². The number of carbonyl (C=O) groups excluding carboxylic acids is 1. The number of benzene rings is 1. The van der Waals surface area contributed by atoms with E-state index in [0.29, 0.717) is 30.9 Å². The van der Waals surface area contributed by atoms with Gasteiger partial charge in [0.15, 0.2) is 5.82 Å². The first-order chi connectivity index (χ1) is 16.4. The largest absolute Gasteiger partial charge is 0.522 e. The average Bonchev–Trinajstić information content (AvgIpc) is 3.33. The van der Waals surface area contributed by atoms with Crippen LogP contribution < -0.4 is 15.0 Å². The van der Waals surface area contributed by atoms with Crippen molar-refractivity contribution in [1.29, 1.82) is 0 Å². The number of nitrogens with one attached hydrogen (secondary N) is 1. The Kier molecular flexibility index (Phi) is 9.46. The smallest absolute Gasteiger partial charge is 0.463 e. The number of ether oxygens (including phenoxy) is 2. The molecule has 0 saturated carbocycles. The van der Waals surface area contributed by atoms with Crippen LogP contribution in [0.25, 0.3) is 0 Å². The van der Waals surface area contributed by atoms with Crippen LogP contribution in [0, 0.1) is 0 Å². The minimum atomic E-state index is -4.63. The van der Waals surface area contributed by atoms with Gasteiger partial charge in [-0.2, -0.15) is 4.98 Å².